The van der Waals surface area contributed by atoms with Crippen LogP contribution in [0.1, 0.15) is 5.56 Å². The third-order valence-corrected chi connectivity index (χ3v) is 2.61. The van der Waals surface area contributed by atoms with Gasteiger partial charge in [-0.3, -0.25) is 15.5 Å². The first-order valence-electron chi connectivity index (χ1n) is 5.44. The Kier molecular flexibility index (Phi) is 4.10. The topological polar surface area (TPSA) is 67.5 Å². The summed E-state index contributed by atoms with van der Waals surface area (Å²) in [4.78, 5) is 10.0. The minimum absolute atomic E-state index is 0.0582. The van der Waals surface area contributed by atoms with E-state index in [0.29, 0.717) is 5.02 Å². The van der Waals surface area contributed by atoms with Crippen LogP contribution in [0, 0.1) is 10.1 Å². The smallest absolute Gasteiger partial charge is 0.269 e. The van der Waals surface area contributed by atoms with Crippen LogP contribution in [-0.2, 0) is 0 Å². The number of rotatable bonds is 4. The van der Waals surface area contributed by atoms with Gasteiger partial charge in [-0.15, -0.1) is 0 Å². The maximum atomic E-state index is 10.5. The van der Waals surface area contributed by atoms with E-state index in [0.717, 1.165) is 11.3 Å². The molecule has 0 saturated heterocycles. The van der Waals surface area contributed by atoms with Crippen molar-refractivity contribution in [1.29, 1.82) is 0 Å². The van der Waals surface area contributed by atoms with Gasteiger partial charge in [-0.2, -0.15) is 5.10 Å². The van der Waals surface area contributed by atoms with Gasteiger partial charge in [0.15, 0.2) is 0 Å². The van der Waals surface area contributed by atoms with Gasteiger partial charge in [-0.05, 0) is 42.0 Å². The zero-order valence-electron chi connectivity index (χ0n) is 9.79. The Balaban J connectivity index is 1.98. The molecule has 0 heterocycles. The van der Waals surface area contributed by atoms with Crippen molar-refractivity contribution in [1.82, 2.24) is 0 Å². The van der Waals surface area contributed by atoms with E-state index in [1.807, 2.05) is 0 Å². The molecule has 5 nitrogen and oxygen atoms in total. The van der Waals surface area contributed by atoms with Crippen molar-refractivity contribution < 1.29 is 4.92 Å². The highest BCUT2D eigenvalue weighted by molar-refractivity contribution is 6.30. The molecule has 0 radical (unpaired) electrons. The van der Waals surface area contributed by atoms with Gasteiger partial charge < -0.3 is 0 Å². The average molecular weight is 276 g/mol. The zero-order chi connectivity index (χ0) is 13.7. The first-order valence-corrected chi connectivity index (χ1v) is 5.82. The van der Waals surface area contributed by atoms with Crippen LogP contribution >= 0.6 is 11.6 Å². The molecule has 0 aliphatic carbocycles. The first kappa shape index (κ1) is 13.0. The number of hydrogen-bond donors (Lipinski definition) is 1. The Morgan fingerprint density at radius 3 is 2.32 bits per heavy atom. The molecule has 96 valence electrons. The third-order valence-electron chi connectivity index (χ3n) is 2.36. The van der Waals surface area contributed by atoms with Crippen molar-refractivity contribution in [3.63, 3.8) is 0 Å². The molecule has 1 N–H and O–H groups in total. The number of nitro groups is 1. The number of benzene rings is 2. The minimum atomic E-state index is -0.438. The predicted molar refractivity (Wildman–Crippen MR) is 75.8 cm³/mol. The van der Waals surface area contributed by atoms with Crippen LogP contribution < -0.4 is 5.43 Å². The van der Waals surface area contributed by atoms with Gasteiger partial charge in [0.2, 0.25) is 0 Å². The maximum absolute atomic E-state index is 10.5. The zero-order valence-corrected chi connectivity index (χ0v) is 10.5. The molecule has 2 rings (SSSR count). The quantitative estimate of drug-likeness (QED) is 0.525. The number of hydrogen-bond acceptors (Lipinski definition) is 4. The summed E-state index contributed by atoms with van der Waals surface area (Å²) >= 11 is 5.76. The van der Waals surface area contributed by atoms with E-state index in [4.69, 9.17) is 11.6 Å². The number of halogens is 1. The van der Waals surface area contributed by atoms with Crippen molar-refractivity contribution in [3.8, 4) is 0 Å². The lowest BCUT2D eigenvalue weighted by Gasteiger charge is -1.99. The standard InChI is InChI=1S/C13H10ClN3O2/c14-11-3-5-12(6-4-11)16-15-9-10-1-7-13(8-2-10)17(18)19/h1-9,16H/b15-9+. The van der Waals surface area contributed by atoms with Crippen molar-refractivity contribution in [2.45, 2.75) is 0 Å². The van der Waals surface area contributed by atoms with E-state index in [-0.39, 0.29) is 5.69 Å². The Hall–Kier alpha value is -2.40. The van der Waals surface area contributed by atoms with Crippen molar-refractivity contribution in [2.75, 3.05) is 5.43 Å². The van der Waals surface area contributed by atoms with E-state index in [2.05, 4.69) is 10.5 Å². The van der Waals surface area contributed by atoms with Gasteiger partial charge in [0.25, 0.3) is 5.69 Å². The molecule has 6 heteroatoms. The van der Waals surface area contributed by atoms with Gasteiger partial charge in [0.05, 0.1) is 16.8 Å². The molecular formula is C13H10ClN3O2. The molecule has 0 aliphatic heterocycles. The Morgan fingerprint density at radius 2 is 1.74 bits per heavy atom. The molecule has 0 bridgehead atoms. The largest absolute Gasteiger partial charge is 0.279 e. The molecule has 0 unspecified atom stereocenters. The van der Waals surface area contributed by atoms with E-state index < -0.39 is 4.92 Å². The minimum Gasteiger partial charge on any atom is -0.279 e. The highest BCUT2D eigenvalue weighted by Gasteiger charge is 2.02. The second-order valence-electron chi connectivity index (χ2n) is 3.73. The lowest BCUT2D eigenvalue weighted by atomic mass is 10.2. The summed E-state index contributed by atoms with van der Waals surface area (Å²) < 4.78 is 0. The molecule has 0 aliphatic rings. The fourth-order valence-electron chi connectivity index (χ4n) is 1.39. The van der Waals surface area contributed by atoms with Gasteiger partial charge in [0.1, 0.15) is 0 Å². The van der Waals surface area contributed by atoms with Crippen LogP contribution in [0.25, 0.3) is 0 Å². The van der Waals surface area contributed by atoms with Gasteiger partial charge in [-0.1, -0.05) is 11.6 Å². The highest BCUT2D eigenvalue weighted by atomic mass is 35.5. The van der Waals surface area contributed by atoms with Crippen molar-refractivity contribution >= 4 is 29.2 Å². The Morgan fingerprint density at radius 1 is 1.11 bits per heavy atom. The molecule has 0 aromatic heterocycles. The second kappa shape index (κ2) is 5.97. The summed E-state index contributed by atoms with van der Waals surface area (Å²) in [5, 5.41) is 15.2. The number of anilines is 1. The molecule has 19 heavy (non-hydrogen) atoms. The van der Waals surface area contributed by atoms with E-state index in [9.17, 15) is 10.1 Å². The molecule has 0 spiro atoms. The van der Waals surface area contributed by atoms with Crippen LogP contribution in [-0.4, -0.2) is 11.1 Å². The van der Waals surface area contributed by atoms with Gasteiger partial charge in [-0.25, -0.2) is 0 Å². The van der Waals surface area contributed by atoms with E-state index in [1.54, 1.807) is 42.6 Å². The molecule has 0 atom stereocenters. The first-order chi connectivity index (χ1) is 9.15. The number of nitrogens with one attached hydrogen (secondary N) is 1. The summed E-state index contributed by atoms with van der Waals surface area (Å²) in [6.45, 7) is 0. The van der Waals surface area contributed by atoms with Crippen LogP contribution in [0.5, 0.6) is 0 Å². The summed E-state index contributed by atoms with van der Waals surface area (Å²) in [7, 11) is 0. The van der Waals surface area contributed by atoms with Crippen molar-refractivity contribution in [3.05, 3.63) is 69.2 Å². The molecule has 2 aromatic carbocycles. The summed E-state index contributed by atoms with van der Waals surface area (Å²) in [6.07, 6.45) is 1.58. The van der Waals surface area contributed by atoms with Crippen LogP contribution in [0.4, 0.5) is 11.4 Å². The van der Waals surface area contributed by atoms with E-state index in [1.165, 1.54) is 12.1 Å². The van der Waals surface area contributed by atoms with Gasteiger partial charge >= 0.3 is 0 Å². The molecule has 2 aromatic rings. The number of hydrazone groups is 1. The molecule has 0 amide bonds. The fourth-order valence-corrected chi connectivity index (χ4v) is 1.51. The van der Waals surface area contributed by atoms with Crippen LogP contribution in [0.2, 0.25) is 5.02 Å². The summed E-state index contributed by atoms with van der Waals surface area (Å²) in [5.41, 5.74) is 4.47. The molecular weight excluding hydrogens is 266 g/mol. The predicted octanol–water partition coefficient (Wildman–Crippen LogP) is 3.69. The third kappa shape index (κ3) is 3.79. The van der Waals surface area contributed by atoms with E-state index >= 15 is 0 Å². The summed E-state index contributed by atoms with van der Waals surface area (Å²) in [6, 6.07) is 13.2. The number of nitrogens with zero attached hydrogens (tertiary/aromatic N) is 2. The molecule has 0 saturated carbocycles. The lowest BCUT2D eigenvalue weighted by molar-refractivity contribution is -0.384. The Labute approximate surface area is 114 Å². The average Bonchev–Trinajstić information content (AvgIpc) is 2.41. The second-order valence-corrected chi connectivity index (χ2v) is 4.16. The highest BCUT2D eigenvalue weighted by Crippen LogP contribution is 2.13. The van der Waals surface area contributed by atoms with Crippen LogP contribution in [0.3, 0.4) is 0 Å². The lowest BCUT2D eigenvalue weighted by Crippen LogP contribution is -1.91. The number of non-ortho nitro benzene ring substituents is 1. The van der Waals surface area contributed by atoms with Crippen molar-refractivity contribution in [2.24, 2.45) is 5.10 Å². The normalized spacial score (nSPS) is 10.6. The van der Waals surface area contributed by atoms with Gasteiger partial charge in [0, 0.05) is 17.2 Å². The monoisotopic (exact) mass is 275 g/mol. The number of nitro benzene ring substituents is 1. The Bertz CT molecular complexity index is 594. The maximum Gasteiger partial charge on any atom is 0.269 e. The fraction of sp³-hybridized carbons (Fsp3) is 0. The SMILES string of the molecule is O=[N+]([O-])c1ccc(/C=N/Nc2ccc(Cl)cc2)cc1. The van der Waals surface area contributed by atoms with Crippen LogP contribution in [0.15, 0.2) is 53.6 Å². The molecule has 0 fully saturated rings. The summed E-state index contributed by atoms with van der Waals surface area (Å²) in [5.74, 6) is 0.